The molecule has 5 nitrogen and oxygen atoms in total. The maximum absolute atomic E-state index is 4.66. The lowest BCUT2D eigenvalue weighted by atomic mass is 9.99. The van der Waals surface area contributed by atoms with Crippen molar-refractivity contribution in [2.75, 3.05) is 42.9 Å². The van der Waals surface area contributed by atoms with Gasteiger partial charge in [-0.2, -0.15) is 4.98 Å². The standard InChI is InChI=1S/C15H25N5/c1-2-7-16-15-17-8-6-14(18-15)20-11-10-19-9-4-3-5-13(19)12-20/h6,8,13H,2-5,7,9-12H2,1H3,(H,16,17,18). The fourth-order valence-corrected chi connectivity index (χ4v) is 3.21. The van der Waals surface area contributed by atoms with E-state index in [1.165, 1.54) is 32.4 Å². The van der Waals surface area contributed by atoms with Gasteiger partial charge in [0.05, 0.1) is 0 Å². The van der Waals surface area contributed by atoms with Gasteiger partial charge in [0, 0.05) is 38.4 Å². The van der Waals surface area contributed by atoms with Crippen LogP contribution in [0, 0.1) is 0 Å². The van der Waals surface area contributed by atoms with E-state index in [1.807, 2.05) is 12.3 Å². The lowest BCUT2D eigenvalue weighted by molar-refractivity contribution is 0.133. The largest absolute Gasteiger partial charge is 0.354 e. The number of nitrogens with zero attached hydrogens (tertiary/aromatic N) is 4. The van der Waals surface area contributed by atoms with Crippen LogP contribution in [0.3, 0.4) is 0 Å². The van der Waals surface area contributed by atoms with Gasteiger partial charge in [0.15, 0.2) is 0 Å². The van der Waals surface area contributed by atoms with Crippen LogP contribution in [-0.2, 0) is 0 Å². The highest BCUT2D eigenvalue weighted by Gasteiger charge is 2.29. The van der Waals surface area contributed by atoms with Gasteiger partial charge in [-0.25, -0.2) is 4.98 Å². The van der Waals surface area contributed by atoms with Gasteiger partial charge < -0.3 is 10.2 Å². The zero-order chi connectivity index (χ0) is 13.8. The summed E-state index contributed by atoms with van der Waals surface area (Å²) in [6.45, 7) is 7.74. The van der Waals surface area contributed by atoms with Crippen LogP contribution >= 0.6 is 0 Å². The van der Waals surface area contributed by atoms with Gasteiger partial charge in [-0.1, -0.05) is 13.3 Å². The highest BCUT2D eigenvalue weighted by molar-refractivity contribution is 5.43. The Hall–Kier alpha value is -1.36. The van der Waals surface area contributed by atoms with Gasteiger partial charge in [-0.15, -0.1) is 0 Å². The van der Waals surface area contributed by atoms with E-state index in [9.17, 15) is 0 Å². The SMILES string of the molecule is CCCNc1nccc(N2CCN3CCCCC3C2)n1. The van der Waals surface area contributed by atoms with Gasteiger partial charge in [-0.05, 0) is 31.9 Å². The van der Waals surface area contributed by atoms with Crippen molar-refractivity contribution in [2.45, 2.75) is 38.6 Å². The van der Waals surface area contributed by atoms with Crippen LogP contribution < -0.4 is 10.2 Å². The molecule has 0 saturated carbocycles. The summed E-state index contributed by atoms with van der Waals surface area (Å²) in [4.78, 5) is 14.0. The smallest absolute Gasteiger partial charge is 0.224 e. The molecule has 110 valence electrons. The van der Waals surface area contributed by atoms with Gasteiger partial charge >= 0.3 is 0 Å². The zero-order valence-corrected chi connectivity index (χ0v) is 12.4. The predicted octanol–water partition coefficient (Wildman–Crippen LogP) is 1.97. The third kappa shape index (κ3) is 3.03. The average molecular weight is 275 g/mol. The van der Waals surface area contributed by atoms with Crippen molar-refractivity contribution in [3.05, 3.63) is 12.3 Å². The molecular formula is C15H25N5. The number of anilines is 2. The summed E-state index contributed by atoms with van der Waals surface area (Å²) in [6.07, 6.45) is 7.04. The Balaban J connectivity index is 1.66. The molecule has 0 spiro atoms. The van der Waals surface area contributed by atoms with E-state index < -0.39 is 0 Å². The topological polar surface area (TPSA) is 44.3 Å². The summed E-state index contributed by atoms with van der Waals surface area (Å²) in [6, 6.07) is 2.76. The zero-order valence-electron chi connectivity index (χ0n) is 12.4. The van der Waals surface area contributed by atoms with E-state index in [2.05, 4.69) is 32.0 Å². The van der Waals surface area contributed by atoms with Crippen LogP contribution in [-0.4, -0.2) is 53.6 Å². The third-order valence-electron chi connectivity index (χ3n) is 4.34. The molecule has 1 aromatic heterocycles. The van der Waals surface area contributed by atoms with E-state index in [-0.39, 0.29) is 0 Å². The van der Waals surface area contributed by atoms with Crippen molar-refractivity contribution in [2.24, 2.45) is 0 Å². The van der Waals surface area contributed by atoms with Crippen LogP contribution in [0.15, 0.2) is 12.3 Å². The monoisotopic (exact) mass is 275 g/mol. The van der Waals surface area contributed by atoms with Crippen molar-refractivity contribution in [3.63, 3.8) is 0 Å². The van der Waals surface area contributed by atoms with Crippen LogP contribution in [0.1, 0.15) is 32.6 Å². The molecule has 2 aliphatic rings. The molecule has 20 heavy (non-hydrogen) atoms. The first kappa shape index (κ1) is 13.6. The van der Waals surface area contributed by atoms with Gasteiger partial charge in [0.2, 0.25) is 5.95 Å². The van der Waals surface area contributed by atoms with Crippen LogP contribution in [0.2, 0.25) is 0 Å². The number of piperidine rings is 1. The van der Waals surface area contributed by atoms with E-state index >= 15 is 0 Å². The Morgan fingerprint density at radius 2 is 2.25 bits per heavy atom. The van der Waals surface area contributed by atoms with E-state index in [1.54, 1.807) is 0 Å². The summed E-state index contributed by atoms with van der Waals surface area (Å²) >= 11 is 0. The molecule has 1 N–H and O–H groups in total. The molecule has 3 heterocycles. The van der Waals surface area contributed by atoms with Gasteiger partial charge in [0.1, 0.15) is 5.82 Å². The van der Waals surface area contributed by atoms with E-state index in [0.717, 1.165) is 43.9 Å². The summed E-state index contributed by atoms with van der Waals surface area (Å²) in [7, 11) is 0. The molecule has 0 aliphatic carbocycles. The second-order valence-electron chi connectivity index (χ2n) is 5.80. The van der Waals surface area contributed by atoms with Crippen LogP contribution in [0.25, 0.3) is 0 Å². The van der Waals surface area contributed by atoms with Crippen molar-refractivity contribution >= 4 is 11.8 Å². The predicted molar refractivity (Wildman–Crippen MR) is 82.2 cm³/mol. The van der Waals surface area contributed by atoms with E-state index in [0.29, 0.717) is 0 Å². The highest BCUT2D eigenvalue weighted by Crippen LogP contribution is 2.24. The van der Waals surface area contributed by atoms with Crippen molar-refractivity contribution in [1.82, 2.24) is 14.9 Å². The molecule has 0 aromatic carbocycles. The minimum absolute atomic E-state index is 0.722. The van der Waals surface area contributed by atoms with Crippen LogP contribution in [0.4, 0.5) is 11.8 Å². The molecule has 1 atom stereocenters. The first-order valence-electron chi connectivity index (χ1n) is 7.92. The van der Waals surface area contributed by atoms with Crippen molar-refractivity contribution in [3.8, 4) is 0 Å². The molecule has 0 radical (unpaired) electrons. The molecular weight excluding hydrogens is 250 g/mol. The summed E-state index contributed by atoms with van der Waals surface area (Å²) in [5, 5.41) is 3.27. The Morgan fingerprint density at radius 3 is 3.15 bits per heavy atom. The van der Waals surface area contributed by atoms with Gasteiger partial charge in [0.25, 0.3) is 0 Å². The number of hydrogen-bond acceptors (Lipinski definition) is 5. The van der Waals surface area contributed by atoms with Gasteiger partial charge in [-0.3, -0.25) is 4.90 Å². The molecule has 2 aliphatic heterocycles. The number of piperazine rings is 1. The number of aromatic nitrogens is 2. The molecule has 1 unspecified atom stereocenters. The molecule has 0 amide bonds. The van der Waals surface area contributed by atoms with Crippen molar-refractivity contribution < 1.29 is 0 Å². The van der Waals surface area contributed by atoms with Crippen molar-refractivity contribution in [1.29, 1.82) is 0 Å². The fraction of sp³-hybridized carbons (Fsp3) is 0.733. The number of nitrogens with one attached hydrogen (secondary N) is 1. The third-order valence-corrected chi connectivity index (χ3v) is 4.34. The number of fused-ring (bicyclic) bond motifs is 1. The molecule has 1 aromatic rings. The summed E-state index contributed by atoms with van der Waals surface area (Å²) in [5.74, 6) is 1.83. The Kier molecular flexibility index (Phi) is 4.35. The lowest BCUT2D eigenvalue weighted by Crippen LogP contribution is -2.55. The average Bonchev–Trinajstić information content (AvgIpc) is 2.53. The first-order valence-corrected chi connectivity index (χ1v) is 7.92. The maximum Gasteiger partial charge on any atom is 0.224 e. The molecule has 2 fully saturated rings. The molecule has 2 saturated heterocycles. The minimum atomic E-state index is 0.722. The Morgan fingerprint density at radius 1 is 1.30 bits per heavy atom. The lowest BCUT2D eigenvalue weighted by Gasteiger charge is -2.44. The summed E-state index contributed by atoms with van der Waals surface area (Å²) < 4.78 is 0. The molecule has 5 heteroatoms. The number of hydrogen-bond donors (Lipinski definition) is 1. The molecule has 0 bridgehead atoms. The minimum Gasteiger partial charge on any atom is -0.354 e. The molecule has 3 rings (SSSR count). The maximum atomic E-state index is 4.66. The second-order valence-corrected chi connectivity index (χ2v) is 5.80. The van der Waals surface area contributed by atoms with E-state index in [4.69, 9.17) is 0 Å². The second kappa shape index (κ2) is 6.39. The Bertz CT molecular complexity index is 436. The quantitative estimate of drug-likeness (QED) is 0.910. The highest BCUT2D eigenvalue weighted by atomic mass is 15.3. The normalized spacial score (nSPS) is 23.4. The fourth-order valence-electron chi connectivity index (χ4n) is 3.21. The number of rotatable bonds is 4. The summed E-state index contributed by atoms with van der Waals surface area (Å²) in [5.41, 5.74) is 0. The first-order chi connectivity index (χ1) is 9.86. The van der Waals surface area contributed by atoms with Crippen LogP contribution in [0.5, 0.6) is 0 Å². The Labute approximate surface area is 121 Å².